The van der Waals surface area contributed by atoms with Gasteiger partial charge in [-0.2, -0.15) is 0 Å². The summed E-state index contributed by atoms with van der Waals surface area (Å²) in [6.07, 6.45) is 9.17. The van der Waals surface area contributed by atoms with E-state index in [1.165, 1.54) is 43.2 Å². The van der Waals surface area contributed by atoms with E-state index < -0.39 is 83.2 Å². The summed E-state index contributed by atoms with van der Waals surface area (Å²) < 4.78 is 0. The molecule has 3 fully saturated rings. The van der Waals surface area contributed by atoms with E-state index in [1.54, 1.807) is 52.3 Å². The maximum atomic E-state index is 13.9. The number of benzene rings is 2. The van der Waals surface area contributed by atoms with Crippen LogP contribution in [0.15, 0.2) is 59.6 Å². The Labute approximate surface area is 495 Å². The van der Waals surface area contributed by atoms with Gasteiger partial charge in [0, 0.05) is 96.2 Å². The zero-order valence-corrected chi connectivity index (χ0v) is 49.3. The highest BCUT2D eigenvalue weighted by Crippen LogP contribution is 2.27. The minimum Gasteiger partial charge on any atom is -0.480 e. The Balaban J connectivity index is 1.16. The summed E-state index contributed by atoms with van der Waals surface area (Å²) in [6.45, 7) is 5.32. The smallest absolute Gasteiger partial charge is 0.334 e. The number of nitrogens with zero attached hydrogens (tertiary/aromatic N) is 6. The number of carboxylic acid groups (broad SMARTS) is 4. The van der Waals surface area contributed by atoms with Crippen LogP contribution in [-0.4, -0.2) is 230 Å². The monoisotopic (exact) mass is 1190 g/mol. The Morgan fingerprint density at radius 1 is 0.714 bits per heavy atom. The summed E-state index contributed by atoms with van der Waals surface area (Å²) in [6, 6.07) is 11.6. The molecule has 25 heteroatoms. The lowest BCUT2D eigenvalue weighted by Gasteiger charge is -2.38. The van der Waals surface area contributed by atoms with Gasteiger partial charge in [-0.3, -0.25) is 67.7 Å². The van der Waals surface area contributed by atoms with Crippen LogP contribution in [0.5, 0.6) is 0 Å². The number of Topliss-reactive ketones (excluding diaryl/α,β-unsaturated/α-hetero) is 1. The molecular weight excluding hydrogens is 1100 g/mol. The van der Waals surface area contributed by atoms with Crippen molar-refractivity contribution in [1.29, 1.82) is 0 Å². The highest BCUT2D eigenvalue weighted by Gasteiger charge is 2.39. The number of aliphatic imine (C=N–C) groups is 1. The number of hydrogen-bond acceptors (Lipinski definition) is 16. The molecule has 2 aliphatic heterocycles. The standard InChI is InChI=1S/C59H86N10O14S/c1-40(2)35-65-24-25-66(37-52(73)74)26-27-67(38-53(75)76)36-45(68(29-28-65)39-54(77)78)31-42-19-21-43(22-20-42)56(79)63-46(32-41-13-7-6-8-14-41)57(80)61-34-50(71)64-55(59(82)83)47(70)17-11-23-69-51(72)33-48(58(69)81)84-30-12-18-49(60)62-44-15-9-4-3-5-10-16-44/h6-8,13-14,19-22,40,44-46,48,55H,3-5,9-12,15-18,23-39H2,1-2H3,(H2,60,62)(H,61,80)(H,63,79)(H,64,71)(H,73,74)(H,75,76)(H,77,78)(H,82,83). The van der Waals surface area contributed by atoms with Crippen LogP contribution in [-0.2, 0) is 56.0 Å². The molecule has 3 aliphatic rings. The fourth-order valence-corrected chi connectivity index (χ4v) is 11.9. The number of thioether (sulfide) groups is 1. The van der Waals surface area contributed by atoms with Gasteiger partial charge in [0.1, 0.15) is 6.04 Å². The molecule has 1 saturated carbocycles. The first-order valence-electron chi connectivity index (χ1n) is 29.2. The number of carbonyl (C=O) groups excluding carboxylic acids is 6. The number of likely N-dealkylation sites (tertiary alicyclic amines) is 1. The molecule has 462 valence electrons. The van der Waals surface area contributed by atoms with Gasteiger partial charge in [0.15, 0.2) is 11.8 Å². The van der Waals surface area contributed by atoms with Crippen molar-refractivity contribution in [2.24, 2.45) is 16.6 Å². The molecule has 4 unspecified atom stereocenters. The van der Waals surface area contributed by atoms with Gasteiger partial charge in [-0.25, -0.2) is 4.79 Å². The van der Waals surface area contributed by atoms with Gasteiger partial charge in [0.05, 0.1) is 43.3 Å². The normalized spacial score (nSPS) is 19.5. The fraction of sp³-hybridized carbons (Fsp3) is 0.610. The van der Waals surface area contributed by atoms with Gasteiger partial charge in [-0.15, -0.1) is 11.8 Å². The summed E-state index contributed by atoms with van der Waals surface area (Å²) in [4.78, 5) is 142. The summed E-state index contributed by atoms with van der Waals surface area (Å²) in [7, 11) is 0. The maximum absolute atomic E-state index is 13.9. The summed E-state index contributed by atoms with van der Waals surface area (Å²) in [5.74, 6) is -7.50. The Morgan fingerprint density at radius 3 is 1.98 bits per heavy atom. The molecule has 5 rings (SSSR count). The second kappa shape index (κ2) is 35.5. The predicted molar refractivity (Wildman–Crippen MR) is 315 cm³/mol. The fourth-order valence-electron chi connectivity index (χ4n) is 10.8. The van der Waals surface area contributed by atoms with Gasteiger partial charge >= 0.3 is 23.9 Å². The molecular formula is C59H86N10O14S. The lowest BCUT2D eigenvalue weighted by Crippen LogP contribution is -2.53. The van der Waals surface area contributed by atoms with Gasteiger partial charge in [-0.1, -0.05) is 88.4 Å². The molecule has 9 N–H and O–H groups in total. The van der Waals surface area contributed by atoms with Crippen LogP contribution in [0.3, 0.4) is 0 Å². The third kappa shape index (κ3) is 24.4. The topological polar surface area (TPSA) is 342 Å². The number of aliphatic carboxylic acids is 4. The van der Waals surface area contributed by atoms with Gasteiger partial charge < -0.3 is 47.0 Å². The predicted octanol–water partition coefficient (Wildman–Crippen LogP) is 2.22. The van der Waals surface area contributed by atoms with E-state index in [0.717, 1.165) is 30.6 Å². The van der Waals surface area contributed by atoms with Crippen LogP contribution in [0, 0.1) is 5.92 Å². The van der Waals surface area contributed by atoms with E-state index in [9.17, 15) is 68.4 Å². The van der Waals surface area contributed by atoms with Crippen LogP contribution >= 0.6 is 11.8 Å². The van der Waals surface area contributed by atoms with Crippen molar-refractivity contribution in [2.75, 3.05) is 90.8 Å². The number of nitrogens with two attached hydrogens (primary N) is 1. The van der Waals surface area contributed by atoms with Crippen LogP contribution in [0.2, 0.25) is 0 Å². The summed E-state index contributed by atoms with van der Waals surface area (Å²) in [5.41, 5.74) is 7.73. The van der Waals surface area contributed by atoms with Crippen LogP contribution < -0.4 is 21.7 Å². The van der Waals surface area contributed by atoms with E-state index >= 15 is 0 Å². The molecule has 84 heavy (non-hydrogen) atoms. The molecule has 2 saturated heterocycles. The van der Waals surface area contributed by atoms with Crippen molar-refractivity contribution in [3.63, 3.8) is 0 Å². The number of amidine groups is 1. The lowest BCUT2D eigenvalue weighted by atomic mass is 9.97. The molecule has 1 aliphatic carbocycles. The molecule has 2 aromatic carbocycles. The largest absolute Gasteiger partial charge is 0.480 e. The molecule has 24 nitrogen and oxygen atoms in total. The molecule has 2 aromatic rings. The minimum absolute atomic E-state index is 0.00302. The van der Waals surface area contributed by atoms with E-state index in [0.29, 0.717) is 68.3 Å². The van der Waals surface area contributed by atoms with E-state index in [-0.39, 0.29) is 101 Å². The second-order valence-corrected chi connectivity index (χ2v) is 23.7. The van der Waals surface area contributed by atoms with Crippen LogP contribution in [0.1, 0.15) is 112 Å². The Morgan fingerprint density at radius 2 is 1.33 bits per heavy atom. The highest BCUT2D eigenvalue weighted by molar-refractivity contribution is 8.00. The van der Waals surface area contributed by atoms with Crippen LogP contribution in [0.25, 0.3) is 0 Å². The number of nitrogens with one attached hydrogen (secondary N) is 3. The highest BCUT2D eigenvalue weighted by atomic mass is 32.2. The SMILES string of the molecule is CC(C)CN1CCN(CC(=O)O)CCN(CC(=O)O)CC(Cc2ccc(C(=O)NC(Cc3ccccc3)C(=O)NCC(=O)NC(C(=O)O)C(=O)CCCN3C(=O)CC(SCCCC(N)=NC4CCCCCCC4)C3=O)cc2)N(CC(=O)O)CC1. The molecule has 0 radical (unpaired) electrons. The Kier molecular flexibility index (Phi) is 28.7. The quantitative estimate of drug-likeness (QED) is 0.0183. The van der Waals surface area contributed by atoms with Crippen molar-refractivity contribution >= 4 is 76.8 Å². The van der Waals surface area contributed by atoms with Crippen molar-refractivity contribution in [1.82, 2.24) is 40.4 Å². The van der Waals surface area contributed by atoms with Crippen LogP contribution in [0.4, 0.5) is 0 Å². The first kappa shape index (κ1) is 68.0. The number of ketones is 1. The van der Waals surface area contributed by atoms with Crippen molar-refractivity contribution < 1.29 is 68.4 Å². The number of hydrogen-bond donors (Lipinski definition) is 8. The van der Waals surface area contributed by atoms with Gasteiger partial charge in [0.25, 0.3) is 5.91 Å². The summed E-state index contributed by atoms with van der Waals surface area (Å²) in [5, 5.41) is 46.3. The molecule has 2 heterocycles. The number of imide groups is 1. The second-order valence-electron chi connectivity index (χ2n) is 22.4. The molecule has 0 bridgehead atoms. The van der Waals surface area contributed by atoms with Gasteiger partial charge in [0.2, 0.25) is 23.6 Å². The number of amides is 5. The number of carbonyl (C=O) groups is 10. The molecule has 0 spiro atoms. The van der Waals surface area contributed by atoms with E-state index in [2.05, 4.69) is 34.7 Å². The van der Waals surface area contributed by atoms with Crippen molar-refractivity contribution in [3.05, 3.63) is 71.3 Å². The summed E-state index contributed by atoms with van der Waals surface area (Å²) >= 11 is 1.37. The first-order valence-corrected chi connectivity index (χ1v) is 30.3. The van der Waals surface area contributed by atoms with E-state index in [4.69, 9.17) is 10.7 Å². The third-order valence-electron chi connectivity index (χ3n) is 15.0. The van der Waals surface area contributed by atoms with Crippen molar-refractivity contribution in [2.45, 2.75) is 133 Å². The average molecular weight is 1190 g/mol. The van der Waals surface area contributed by atoms with Crippen molar-refractivity contribution in [3.8, 4) is 0 Å². The zero-order valence-electron chi connectivity index (χ0n) is 48.5. The zero-order chi connectivity index (χ0) is 61.1. The third-order valence-corrected chi connectivity index (χ3v) is 16.3. The first-order chi connectivity index (χ1) is 40.1. The van der Waals surface area contributed by atoms with E-state index in [1.807, 2.05) is 4.90 Å². The lowest BCUT2D eigenvalue weighted by molar-refractivity contribution is -0.146. The number of carboxylic acids is 4. The molecule has 4 atom stereocenters. The Bertz CT molecular complexity index is 2570. The molecule has 0 aromatic heterocycles. The Hall–Kier alpha value is -6.80. The maximum Gasteiger partial charge on any atom is 0.334 e. The number of rotatable bonds is 30. The average Bonchev–Trinajstić information content (AvgIpc) is 3.75. The minimum atomic E-state index is -2.00. The van der Waals surface area contributed by atoms with Gasteiger partial charge in [-0.05, 0) is 67.0 Å². The molecule has 5 amide bonds.